The number of aryl methyl sites for hydroxylation is 2. The molecule has 4 heteroatoms. The molecule has 0 aliphatic carbocycles. The van der Waals surface area contributed by atoms with Gasteiger partial charge in [0.2, 0.25) is 0 Å². The van der Waals surface area contributed by atoms with Crippen LogP contribution < -0.4 is 4.57 Å². The number of hydrogen-bond acceptors (Lipinski definition) is 2. The average Bonchev–Trinajstić information content (AvgIpc) is 3.31. The summed E-state index contributed by atoms with van der Waals surface area (Å²) in [6, 6.07) is 22.0. The van der Waals surface area contributed by atoms with Crippen molar-refractivity contribution in [3.63, 3.8) is 0 Å². The van der Waals surface area contributed by atoms with Crippen molar-refractivity contribution in [1.29, 1.82) is 0 Å². The molecule has 30 heavy (non-hydrogen) atoms. The normalized spacial score (nSPS) is 12.2. The SMILES string of the molecule is Cc1ccc2scnc2c1-c1n(-c2ccc(C(C)(C)C)cc2)c2ccccc2[n+]1C. The predicted octanol–water partition coefficient (Wildman–Crippen LogP) is 6.34. The Labute approximate surface area is 181 Å². The summed E-state index contributed by atoms with van der Waals surface area (Å²) in [5.74, 6) is 1.16. The number of imidazole rings is 1. The zero-order chi connectivity index (χ0) is 21.0. The second-order valence-corrected chi connectivity index (χ2v) is 9.85. The average molecular weight is 413 g/mol. The molecule has 3 aromatic carbocycles. The topological polar surface area (TPSA) is 21.7 Å². The summed E-state index contributed by atoms with van der Waals surface area (Å²) in [6.45, 7) is 8.94. The Bertz CT molecular complexity index is 1380. The van der Waals surface area contributed by atoms with Gasteiger partial charge >= 0.3 is 0 Å². The number of thiazole rings is 1. The third-order valence-corrected chi connectivity index (χ3v) is 6.73. The van der Waals surface area contributed by atoms with E-state index in [1.54, 1.807) is 11.3 Å². The summed E-state index contributed by atoms with van der Waals surface area (Å²) in [4.78, 5) is 4.74. The highest BCUT2D eigenvalue weighted by Gasteiger charge is 2.29. The van der Waals surface area contributed by atoms with Gasteiger partial charge in [0.25, 0.3) is 5.82 Å². The number of fused-ring (bicyclic) bond motifs is 2. The molecule has 0 N–H and O–H groups in total. The van der Waals surface area contributed by atoms with Crippen LogP contribution in [0.25, 0.3) is 38.3 Å². The molecule has 0 saturated carbocycles. The van der Waals surface area contributed by atoms with Crippen molar-refractivity contribution >= 4 is 32.6 Å². The summed E-state index contributed by atoms with van der Waals surface area (Å²) in [7, 11) is 2.16. The summed E-state index contributed by atoms with van der Waals surface area (Å²) in [5, 5.41) is 0. The van der Waals surface area contributed by atoms with Crippen LogP contribution in [-0.4, -0.2) is 9.55 Å². The first-order valence-electron chi connectivity index (χ1n) is 10.3. The molecule has 5 aromatic rings. The molecule has 0 atom stereocenters. The summed E-state index contributed by atoms with van der Waals surface area (Å²) in [6.07, 6.45) is 0. The molecular formula is C26H26N3S+. The second-order valence-electron chi connectivity index (χ2n) is 8.96. The standard InChI is InChI=1S/C26H26N3S/c1-17-10-15-22-24(27-16-30-22)23(17)25-28(5)20-8-6-7-9-21(20)29(25)19-13-11-18(12-14-19)26(2,3)4/h6-16H,1-5H3/q+1. The number of benzene rings is 3. The Hall–Kier alpha value is -2.98. The summed E-state index contributed by atoms with van der Waals surface area (Å²) < 4.78 is 5.90. The molecule has 0 unspecified atom stereocenters. The number of nitrogens with zero attached hydrogens (tertiary/aromatic N) is 3. The van der Waals surface area contributed by atoms with Crippen molar-refractivity contribution in [3.8, 4) is 17.1 Å². The molecule has 0 aliphatic heterocycles. The molecule has 0 radical (unpaired) electrons. The van der Waals surface area contributed by atoms with Crippen molar-refractivity contribution in [2.45, 2.75) is 33.1 Å². The molecular weight excluding hydrogens is 386 g/mol. The van der Waals surface area contributed by atoms with Gasteiger partial charge < -0.3 is 0 Å². The maximum absolute atomic E-state index is 4.74. The lowest BCUT2D eigenvalue weighted by Gasteiger charge is -2.18. The van der Waals surface area contributed by atoms with Gasteiger partial charge in [0, 0.05) is 0 Å². The van der Waals surface area contributed by atoms with Crippen LogP contribution in [0.3, 0.4) is 0 Å². The highest BCUT2D eigenvalue weighted by Crippen LogP contribution is 2.35. The number of para-hydroxylation sites is 2. The first kappa shape index (κ1) is 19.0. The Morgan fingerprint density at radius 2 is 1.67 bits per heavy atom. The van der Waals surface area contributed by atoms with Crippen molar-refractivity contribution < 1.29 is 4.57 Å². The van der Waals surface area contributed by atoms with E-state index in [1.807, 2.05) is 5.51 Å². The van der Waals surface area contributed by atoms with Crippen LogP contribution in [0.5, 0.6) is 0 Å². The van der Waals surface area contributed by atoms with E-state index in [0.717, 1.165) is 11.3 Å². The van der Waals surface area contributed by atoms with Gasteiger partial charge in [0.1, 0.15) is 5.69 Å². The molecule has 0 amide bonds. The minimum Gasteiger partial charge on any atom is -0.244 e. The lowest BCUT2D eigenvalue weighted by Crippen LogP contribution is -2.30. The van der Waals surface area contributed by atoms with E-state index in [-0.39, 0.29) is 5.41 Å². The molecule has 0 fully saturated rings. The van der Waals surface area contributed by atoms with Crippen LogP contribution in [0.4, 0.5) is 0 Å². The number of aromatic nitrogens is 3. The van der Waals surface area contributed by atoms with E-state index < -0.39 is 0 Å². The van der Waals surface area contributed by atoms with E-state index in [1.165, 1.54) is 38.1 Å². The van der Waals surface area contributed by atoms with Gasteiger partial charge in [-0.1, -0.05) is 51.1 Å². The third-order valence-electron chi connectivity index (χ3n) is 5.94. The Kier molecular flexibility index (Phi) is 4.30. The van der Waals surface area contributed by atoms with Crippen LogP contribution in [0.15, 0.2) is 66.2 Å². The van der Waals surface area contributed by atoms with Crippen molar-refractivity contribution in [2.75, 3.05) is 0 Å². The van der Waals surface area contributed by atoms with Crippen LogP contribution in [0.1, 0.15) is 31.9 Å². The monoisotopic (exact) mass is 412 g/mol. The van der Waals surface area contributed by atoms with Gasteiger partial charge in [-0.25, -0.2) is 9.55 Å². The van der Waals surface area contributed by atoms with Crippen molar-refractivity contribution in [3.05, 3.63) is 77.3 Å². The molecule has 0 saturated heterocycles. The number of hydrogen-bond donors (Lipinski definition) is 0. The quantitative estimate of drug-likeness (QED) is 0.310. The maximum atomic E-state index is 4.74. The molecule has 0 bridgehead atoms. The molecule has 5 rings (SSSR count). The molecule has 150 valence electrons. The van der Waals surface area contributed by atoms with Gasteiger partial charge in [0.15, 0.2) is 11.0 Å². The van der Waals surface area contributed by atoms with E-state index >= 15 is 0 Å². The summed E-state index contributed by atoms with van der Waals surface area (Å²) in [5.41, 5.74) is 10.5. The van der Waals surface area contributed by atoms with Gasteiger partial charge in [-0.3, -0.25) is 0 Å². The van der Waals surface area contributed by atoms with Crippen LogP contribution in [-0.2, 0) is 12.5 Å². The molecule has 3 nitrogen and oxygen atoms in total. The highest BCUT2D eigenvalue weighted by molar-refractivity contribution is 7.16. The highest BCUT2D eigenvalue weighted by atomic mass is 32.1. The van der Waals surface area contributed by atoms with E-state index in [2.05, 4.69) is 105 Å². The van der Waals surface area contributed by atoms with E-state index in [4.69, 9.17) is 4.98 Å². The fourth-order valence-corrected chi connectivity index (χ4v) is 4.97. The predicted molar refractivity (Wildman–Crippen MR) is 127 cm³/mol. The molecule has 0 spiro atoms. The first-order chi connectivity index (χ1) is 14.4. The van der Waals surface area contributed by atoms with Crippen molar-refractivity contribution in [1.82, 2.24) is 9.55 Å². The molecule has 2 heterocycles. The fraction of sp³-hybridized carbons (Fsp3) is 0.231. The van der Waals surface area contributed by atoms with Crippen molar-refractivity contribution in [2.24, 2.45) is 7.05 Å². The van der Waals surface area contributed by atoms with Crippen LogP contribution >= 0.6 is 11.3 Å². The minimum absolute atomic E-state index is 0.133. The largest absolute Gasteiger partial charge is 0.297 e. The van der Waals surface area contributed by atoms with Gasteiger partial charge in [-0.05, 0) is 53.8 Å². The summed E-state index contributed by atoms with van der Waals surface area (Å²) >= 11 is 1.69. The Balaban J connectivity index is 1.87. The lowest BCUT2D eigenvalue weighted by atomic mass is 9.87. The Morgan fingerprint density at radius 3 is 2.40 bits per heavy atom. The Morgan fingerprint density at radius 1 is 0.933 bits per heavy atom. The van der Waals surface area contributed by atoms with Gasteiger partial charge in [-0.2, -0.15) is 4.57 Å². The van der Waals surface area contributed by atoms with Crippen LogP contribution in [0, 0.1) is 6.92 Å². The molecule has 2 aromatic heterocycles. The van der Waals surface area contributed by atoms with Gasteiger partial charge in [0.05, 0.1) is 28.3 Å². The van der Waals surface area contributed by atoms with Gasteiger partial charge in [-0.15, -0.1) is 11.3 Å². The number of rotatable bonds is 2. The smallest absolute Gasteiger partial charge is 0.244 e. The third kappa shape index (κ3) is 2.86. The first-order valence-corrected chi connectivity index (χ1v) is 11.2. The van der Waals surface area contributed by atoms with Crippen LogP contribution in [0.2, 0.25) is 0 Å². The zero-order valence-electron chi connectivity index (χ0n) is 18.1. The zero-order valence-corrected chi connectivity index (χ0v) is 18.9. The van der Waals surface area contributed by atoms with E-state index in [9.17, 15) is 0 Å². The maximum Gasteiger partial charge on any atom is 0.297 e. The lowest BCUT2D eigenvalue weighted by molar-refractivity contribution is -0.633. The molecule has 0 aliphatic rings. The van der Waals surface area contributed by atoms with E-state index in [0.29, 0.717) is 0 Å². The minimum atomic E-state index is 0.133. The fourth-order valence-electron chi connectivity index (χ4n) is 4.28. The second kappa shape index (κ2) is 6.78.